The van der Waals surface area contributed by atoms with Crippen molar-refractivity contribution < 1.29 is 14.8 Å². The summed E-state index contributed by atoms with van der Waals surface area (Å²) in [5, 5.41) is 18.8. The highest BCUT2D eigenvalue weighted by Crippen LogP contribution is 2.31. The van der Waals surface area contributed by atoms with E-state index in [-0.39, 0.29) is 12.4 Å². The van der Waals surface area contributed by atoms with Gasteiger partial charge in [-0.2, -0.15) is 0 Å². The van der Waals surface area contributed by atoms with E-state index in [9.17, 15) is 10.2 Å². The molecule has 0 fully saturated rings. The van der Waals surface area contributed by atoms with E-state index in [1.807, 2.05) is 40.3 Å². The molecule has 152 valence electrons. The fourth-order valence-corrected chi connectivity index (χ4v) is 3.17. The second kappa shape index (κ2) is 9.70. The quantitative estimate of drug-likeness (QED) is 0.594. The molecule has 0 amide bonds. The summed E-state index contributed by atoms with van der Waals surface area (Å²) in [4.78, 5) is 2.08. The number of anilines is 1. The van der Waals surface area contributed by atoms with Crippen molar-refractivity contribution in [3.05, 3.63) is 95.1 Å². The molecule has 0 heterocycles. The Labute approximate surface area is 178 Å². The molecule has 0 radical (unpaired) electrons. The Hall–Kier alpha value is -2.66. The fraction of sp³-hybridized carbons (Fsp3) is 0.208. The molecule has 0 spiro atoms. The predicted molar refractivity (Wildman–Crippen MR) is 123 cm³/mol. The van der Waals surface area contributed by atoms with Crippen molar-refractivity contribution >= 4 is 29.4 Å². The minimum Gasteiger partial charge on any atom is -0.378 e. The zero-order valence-corrected chi connectivity index (χ0v) is 18.0. The smallest absolute Gasteiger partial charge is 0.199 e. The van der Waals surface area contributed by atoms with Crippen LogP contribution < -0.4 is 4.90 Å². The van der Waals surface area contributed by atoms with E-state index < -0.39 is 6.29 Å². The van der Waals surface area contributed by atoms with Crippen LogP contribution in [0.15, 0.2) is 78.4 Å². The molecule has 0 unspecified atom stereocenters. The van der Waals surface area contributed by atoms with Crippen molar-refractivity contribution in [3.8, 4) is 0 Å². The molecule has 1 aliphatic rings. The molecule has 0 saturated carbocycles. The van der Waals surface area contributed by atoms with Crippen LogP contribution in [-0.2, 0) is 0 Å². The molecular weight excluding hydrogens is 384 g/mol. The Bertz CT molecular complexity index is 891. The van der Waals surface area contributed by atoms with Gasteiger partial charge in [0.15, 0.2) is 12.0 Å². The van der Waals surface area contributed by atoms with Gasteiger partial charge in [-0.1, -0.05) is 36.4 Å². The number of nitrogens with zero attached hydrogens (tertiary/aromatic N) is 2. The van der Waals surface area contributed by atoms with Gasteiger partial charge in [0, 0.05) is 37.5 Å². The number of benzene rings is 2. The minimum atomic E-state index is -1.46. The number of hydrogen-bond acceptors (Lipinski definition) is 3. The maximum atomic E-state index is 9.39. The van der Waals surface area contributed by atoms with Gasteiger partial charge in [0.2, 0.25) is 0 Å². The lowest BCUT2D eigenvalue weighted by atomic mass is 9.90. The first-order valence-electron chi connectivity index (χ1n) is 9.26. The monoisotopic (exact) mass is 411 g/mol. The summed E-state index contributed by atoms with van der Waals surface area (Å²) in [6.07, 6.45) is 7.00. The average Bonchev–Trinajstić information content (AvgIpc) is 2.69. The van der Waals surface area contributed by atoms with Crippen molar-refractivity contribution in [1.82, 2.24) is 0 Å². The van der Waals surface area contributed by atoms with Crippen LogP contribution in [-0.4, -0.2) is 48.7 Å². The van der Waals surface area contributed by atoms with Crippen molar-refractivity contribution in [2.24, 2.45) is 0 Å². The summed E-state index contributed by atoms with van der Waals surface area (Å²) < 4.78 is 2.08. The minimum absolute atomic E-state index is 0. The molecule has 3 rings (SSSR count). The van der Waals surface area contributed by atoms with Gasteiger partial charge in [-0.3, -0.25) is 0 Å². The molecule has 0 aromatic heterocycles. The number of allylic oxidation sites excluding steroid dienone is 5. The Kier molecular flexibility index (Phi) is 7.57. The highest BCUT2D eigenvalue weighted by atomic mass is 35.5. The van der Waals surface area contributed by atoms with Gasteiger partial charge >= 0.3 is 0 Å². The zero-order chi connectivity index (χ0) is 20.3. The van der Waals surface area contributed by atoms with Crippen molar-refractivity contribution in [2.75, 3.05) is 33.1 Å². The number of hydrogen-bond donors (Lipinski definition) is 2. The van der Waals surface area contributed by atoms with E-state index in [0.29, 0.717) is 5.56 Å². The highest BCUT2D eigenvalue weighted by Gasteiger charge is 2.14. The van der Waals surface area contributed by atoms with Crippen LogP contribution in [0.3, 0.4) is 0 Å². The molecule has 2 aromatic rings. The van der Waals surface area contributed by atoms with Crippen LogP contribution in [0.1, 0.15) is 23.0 Å². The maximum absolute atomic E-state index is 9.39. The molecule has 0 saturated heterocycles. The normalized spacial score (nSPS) is 12.8. The van der Waals surface area contributed by atoms with Gasteiger partial charge in [0.1, 0.15) is 14.1 Å². The predicted octanol–water partition coefficient (Wildman–Crippen LogP) is 3.80. The van der Waals surface area contributed by atoms with Crippen LogP contribution in [0.4, 0.5) is 5.69 Å². The summed E-state index contributed by atoms with van der Waals surface area (Å²) in [5.74, 6) is 0. The van der Waals surface area contributed by atoms with Crippen LogP contribution in [0.2, 0.25) is 0 Å². The molecule has 0 bridgehead atoms. The van der Waals surface area contributed by atoms with Gasteiger partial charge in [-0.25, -0.2) is 4.58 Å². The van der Waals surface area contributed by atoms with Crippen LogP contribution in [0.25, 0.3) is 5.57 Å². The molecule has 0 atom stereocenters. The average molecular weight is 412 g/mol. The first-order chi connectivity index (χ1) is 13.4. The van der Waals surface area contributed by atoms with Crippen LogP contribution >= 0.6 is 12.4 Å². The molecular formula is C24H28ClN2O2+. The van der Waals surface area contributed by atoms with E-state index in [0.717, 1.165) is 33.7 Å². The summed E-state index contributed by atoms with van der Waals surface area (Å²) in [6, 6.07) is 15.8. The van der Waals surface area contributed by atoms with E-state index in [1.54, 1.807) is 12.1 Å². The summed E-state index contributed by atoms with van der Waals surface area (Å²) in [7, 11) is 8.11. The molecule has 1 aliphatic carbocycles. The second-order valence-corrected chi connectivity index (χ2v) is 7.25. The Balaban J connectivity index is 0.00000300. The standard InChI is InChI=1S/C24H27N2O2.ClH/c1-25(2)21-13-9-18(10-14-21)23(17-5-7-20(8-6-17)24(27)28)19-11-15-22(16-12-19)26(3)4;/h5-16,24,27-28H,1-4H3;1H/q+1;. The second-order valence-electron chi connectivity index (χ2n) is 7.25. The first-order valence-corrected chi connectivity index (χ1v) is 9.26. The Morgan fingerprint density at radius 2 is 1.28 bits per heavy atom. The third-order valence-electron chi connectivity index (χ3n) is 4.84. The largest absolute Gasteiger partial charge is 0.378 e. The molecule has 2 aromatic carbocycles. The fourth-order valence-electron chi connectivity index (χ4n) is 3.17. The Morgan fingerprint density at radius 3 is 1.69 bits per heavy atom. The van der Waals surface area contributed by atoms with E-state index in [2.05, 4.69) is 58.0 Å². The van der Waals surface area contributed by atoms with Crippen molar-refractivity contribution in [1.29, 1.82) is 0 Å². The van der Waals surface area contributed by atoms with Gasteiger partial charge in [0.25, 0.3) is 0 Å². The lowest BCUT2D eigenvalue weighted by Gasteiger charge is -2.17. The van der Waals surface area contributed by atoms with Crippen molar-refractivity contribution in [2.45, 2.75) is 6.29 Å². The third-order valence-corrected chi connectivity index (χ3v) is 4.84. The summed E-state index contributed by atoms with van der Waals surface area (Å²) in [6.45, 7) is 0. The lowest BCUT2D eigenvalue weighted by Crippen LogP contribution is -2.10. The van der Waals surface area contributed by atoms with E-state index in [4.69, 9.17) is 0 Å². The van der Waals surface area contributed by atoms with Gasteiger partial charge in [0.05, 0.1) is 0 Å². The highest BCUT2D eigenvalue weighted by molar-refractivity contribution is 6.03. The molecule has 29 heavy (non-hydrogen) atoms. The van der Waals surface area contributed by atoms with Crippen LogP contribution in [0, 0.1) is 0 Å². The zero-order valence-electron chi connectivity index (χ0n) is 17.2. The molecule has 2 N–H and O–H groups in total. The maximum Gasteiger partial charge on any atom is 0.199 e. The third kappa shape index (κ3) is 5.24. The number of aliphatic hydroxyl groups is 2. The molecule has 0 aliphatic heterocycles. The SMILES string of the molecule is CN(C)c1ccc(C(=C2C=CC(=[N+](C)C)C=C2)c2ccc(C(O)O)cc2)cc1.Cl. The van der Waals surface area contributed by atoms with Gasteiger partial charge < -0.3 is 15.1 Å². The van der Waals surface area contributed by atoms with Crippen molar-refractivity contribution in [3.63, 3.8) is 0 Å². The summed E-state index contributed by atoms with van der Waals surface area (Å²) >= 11 is 0. The first kappa shape index (κ1) is 22.6. The summed E-state index contributed by atoms with van der Waals surface area (Å²) in [5.41, 5.74) is 7.12. The lowest BCUT2D eigenvalue weighted by molar-refractivity contribution is -0.462. The topological polar surface area (TPSA) is 46.7 Å². The van der Waals surface area contributed by atoms with E-state index >= 15 is 0 Å². The molecule has 4 nitrogen and oxygen atoms in total. The van der Waals surface area contributed by atoms with E-state index in [1.165, 1.54) is 0 Å². The number of rotatable bonds is 4. The van der Waals surface area contributed by atoms with Gasteiger partial charge in [-0.15, -0.1) is 12.4 Å². The van der Waals surface area contributed by atoms with Crippen LogP contribution in [0.5, 0.6) is 0 Å². The number of aliphatic hydroxyl groups excluding tert-OH is 1. The number of halogens is 1. The Morgan fingerprint density at radius 1 is 0.793 bits per heavy atom. The molecule has 5 heteroatoms. The van der Waals surface area contributed by atoms with Gasteiger partial charge in [-0.05, 0) is 46.6 Å².